The van der Waals surface area contributed by atoms with Gasteiger partial charge in [-0.2, -0.15) is 13.2 Å². The summed E-state index contributed by atoms with van der Waals surface area (Å²) < 4.78 is 38.7. The van der Waals surface area contributed by atoms with Crippen LogP contribution in [0.5, 0.6) is 0 Å². The van der Waals surface area contributed by atoms with Crippen molar-refractivity contribution in [2.45, 2.75) is 51.2 Å². The molecule has 1 aromatic heterocycles. The molecule has 172 valence electrons. The van der Waals surface area contributed by atoms with Crippen molar-refractivity contribution in [2.75, 3.05) is 5.32 Å². The van der Waals surface area contributed by atoms with Crippen LogP contribution in [0.25, 0.3) is 0 Å². The third-order valence-electron chi connectivity index (χ3n) is 5.44. The second-order valence-corrected chi connectivity index (χ2v) is 8.01. The molecule has 0 bridgehead atoms. The lowest BCUT2D eigenvalue weighted by Crippen LogP contribution is -2.40. The number of hydrogen-bond donors (Lipinski definition) is 3. The van der Waals surface area contributed by atoms with E-state index in [0.29, 0.717) is 25.7 Å². The molecule has 0 spiro atoms. The zero-order valence-corrected chi connectivity index (χ0v) is 17.9. The molecule has 2 amide bonds. The van der Waals surface area contributed by atoms with Gasteiger partial charge >= 0.3 is 6.18 Å². The van der Waals surface area contributed by atoms with Crippen molar-refractivity contribution in [1.82, 2.24) is 15.3 Å². The maximum absolute atomic E-state index is 12.9. The zero-order valence-electron chi connectivity index (χ0n) is 17.2. The van der Waals surface area contributed by atoms with E-state index in [1.54, 1.807) is 6.92 Å². The molecule has 2 aromatic rings. The number of nitrogens with one attached hydrogen (secondary N) is 3. The van der Waals surface area contributed by atoms with Gasteiger partial charge in [0.2, 0.25) is 5.91 Å². The van der Waals surface area contributed by atoms with E-state index < -0.39 is 29.5 Å². The number of rotatable bonds is 6. The van der Waals surface area contributed by atoms with Gasteiger partial charge in [0, 0.05) is 18.4 Å². The van der Waals surface area contributed by atoms with Gasteiger partial charge in [0.15, 0.2) is 5.78 Å². The van der Waals surface area contributed by atoms with Gasteiger partial charge in [-0.25, -0.2) is 4.98 Å². The lowest BCUT2D eigenvalue weighted by molar-refractivity contribution is -0.137. The van der Waals surface area contributed by atoms with Crippen molar-refractivity contribution in [3.8, 4) is 0 Å². The Morgan fingerprint density at radius 2 is 1.88 bits per heavy atom. The topological polar surface area (TPSA) is 104 Å². The van der Waals surface area contributed by atoms with Crippen LogP contribution in [-0.4, -0.2) is 33.6 Å². The molecule has 1 aromatic carbocycles. The van der Waals surface area contributed by atoms with Crippen LogP contribution in [0.4, 0.5) is 18.9 Å². The Morgan fingerprint density at radius 3 is 2.50 bits per heavy atom. The number of benzene rings is 1. The molecule has 32 heavy (non-hydrogen) atoms. The number of carbonyl (C=O) groups excluding carboxylic acids is 3. The first-order chi connectivity index (χ1) is 15.1. The van der Waals surface area contributed by atoms with Crippen LogP contribution in [0.2, 0.25) is 5.02 Å². The molecular weight excluding hydrogens is 449 g/mol. The minimum Gasteiger partial charge on any atom is -0.348 e. The average Bonchev–Trinajstić information content (AvgIpc) is 3.24. The van der Waals surface area contributed by atoms with Crippen LogP contribution in [0.3, 0.4) is 0 Å². The Kier molecular flexibility index (Phi) is 7.22. The van der Waals surface area contributed by atoms with E-state index in [-0.39, 0.29) is 40.3 Å². The number of ketones is 1. The maximum Gasteiger partial charge on any atom is 0.416 e. The van der Waals surface area contributed by atoms with Gasteiger partial charge in [-0.1, -0.05) is 18.5 Å². The summed E-state index contributed by atoms with van der Waals surface area (Å²) in [6.07, 6.45) is -1.14. The number of H-pyrrole nitrogens is 1. The minimum absolute atomic E-state index is 0.0179. The summed E-state index contributed by atoms with van der Waals surface area (Å²) in [5, 5.41) is 5.35. The smallest absolute Gasteiger partial charge is 0.348 e. The third kappa shape index (κ3) is 5.48. The molecule has 1 heterocycles. The SMILES string of the molecule is CCC(=O)c1nc[nH]c1C(=O)NC1CCC(C(=O)Nc2cc(C(F)(F)F)ccc2Cl)CC1. The lowest BCUT2D eigenvalue weighted by Gasteiger charge is -2.28. The van der Waals surface area contributed by atoms with E-state index in [1.807, 2.05) is 0 Å². The van der Waals surface area contributed by atoms with Crippen LogP contribution in [-0.2, 0) is 11.0 Å². The number of aromatic amines is 1. The first-order valence-electron chi connectivity index (χ1n) is 10.1. The third-order valence-corrected chi connectivity index (χ3v) is 5.77. The number of Topliss-reactive ketones (excluding diaryl/α,β-unsaturated/α-hetero) is 1. The van der Waals surface area contributed by atoms with Gasteiger partial charge in [-0.15, -0.1) is 0 Å². The molecule has 3 rings (SSSR count). The standard InChI is InChI=1S/C21H22ClF3N4O3/c1-2-16(30)17-18(27-10-26-17)20(32)28-13-6-3-11(4-7-13)19(31)29-15-9-12(21(23,24)25)5-8-14(15)22/h5,8-11,13H,2-4,6-7H2,1H3,(H,26,27)(H,28,32)(H,29,31). The highest BCUT2D eigenvalue weighted by atomic mass is 35.5. The molecule has 1 aliphatic rings. The first kappa shape index (κ1) is 23.8. The molecule has 0 aliphatic heterocycles. The summed E-state index contributed by atoms with van der Waals surface area (Å²) in [7, 11) is 0. The number of nitrogens with zero attached hydrogens (tertiary/aromatic N) is 1. The fraction of sp³-hybridized carbons (Fsp3) is 0.429. The molecule has 1 aliphatic carbocycles. The fourth-order valence-electron chi connectivity index (χ4n) is 3.64. The number of halogens is 4. The van der Waals surface area contributed by atoms with E-state index in [0.717, 1.165) is 18.2 Å². The van der Waals surface area contributed by atoms with Gasteiger partial charge in [0.25, 0.3) is 5.91 Å². The van der Waals surface area contributed by atoms with Crippen LogP contribution in [0.1, 0.15) is 65.6 Å². The number of alkyl halides is 3. The number of carbonyl (C=O) groups is 3. The van der Waals surface area contributed by atoms with Crippen molar-refractivity contribution in [3.63, 3.8) is 0 Å². The normalized spacial score (nSPS) is 18.8. The Morgan fingerprint density at radius 1 is 1.19 bits per heavy atom. The van der Waals surface area contributed by atoms with Crippen LogP contribution >= 0.6 is 11.6 Å². The van der Waals surface area contributed by atoms with Crippen molar-refractivity contribution >= 4 is 34.9 Å². The minimum atomic E-state index is -4.55. The molecule has 0 atom stereocenters. The van der Waals surface area contributed by atoms with E-state index in [1.165, 1.54) is 6.33 Å². The Bertz CT molecular complexity index is 1010. The highest BCUT2D eigenvalue weighted by Gasteiger charge is 2.32. The molecular formula is C21H22ClF3N4O3. The summed E-state index contributed by atoms with van der Waals surface area (Å²) in [4.78, 5) is 43.5. The predicted octanol–water partition coefficient (Wildman–Crippen LogP) is 4.60. The number of anilines is 1. The molecule has 0 saturated heterocycles. The second kappa shape index (κ2) is 9.72. The molecule has 0 unspecified atom stereocenters. The van der Waals surface area contributed by atoms with E-state index in [9.17, 15) is 27.6 Å². The van der Waals surface area contributed by atoms with Crippen LogP contribution < -0.4 is 10.6 Å². The fourth-order valence-corrected chi connectivity index (χ4v) is 3.80. The summed E-state index contributed by atoms with van der Waals surface area (Å²) >= 11 is 5.94. The maximum atomic E-state index is 12.9. The number of hydrogen-bond acceptors (Lipinski definition) is 4. The van der Waals surface area contributed by atoms with E-state index >= 15 is 0 Å². The number of imidazole rings is 1. The van der Waals surface area contributed by atoms with Gasteiger partial charge in [-0.3, -0.25) is 14.4 Å². The average molecular weight is 471 g/mol. The number of aromatic nitrogens is 2. The quantitative estimate of drug-likeness (QED) is 0.536. The summed E-state index contributed by atoms with van der Waals surface area (Å²) in [5.74, 6) is -1.52. The Labute approximate surface area is 187 Å². The van der Waals surface area contributed by atoms with Crippen molar-refractivity contribution in [2.24, 2.45) is 5.92 Å². The van der Waals surface area contributed by atoms with Gasteiger partial charge in [0.1, 0.15) is 11.4 Å². The molecule has 1 saturated carbocycles. The first-order valence-corrected chi connectivity index (χ1v) is 10.5. The van der Waals surface area contributed by atoms with Crippen LogP contribution in [0.15, 0.2) is 24.5 Å². The van der Waals surface area contributed by atoms with Gasteiger partial charge < -0.3 is 15.6 Å². The molecule has 3 N–H and O–H groups in total. The molecule has 1 fully saturated rings. The Hall–Kier alpha value is -2.88. The summed E-state index contributed by atoms with van der Waals surface area (Å²) in [6.45, 7) is 1.68. The van der Waals surface area contributed by atoms with Crippen LogP contribution in [0, 0.1) is 5.92 Å². The van der Waals surface area contributed by atoms with Crippen molar-refractivity contribution in [1.29, 1.82) is 0 Å². The summed E-state index contributed by atoms with van der Waals surface area (Å²) in [5.41, 5.74) is -0.787. The lowest BCUT2D eigenvalue weighted by atomic mass is 9.85. The van der Waals surface area contributed by atoms with E-state index in [4.69, 9.17) is 11.6 Å². The largest absolute Gasteiger partial charge is 0.416 e. The number of amides is 2. The molecule has 0 radical (unpaired) electrons. The van der Waals surface area contributed by atoms with E-state index in [2.05, 4.69) is 20.6 Å². The highest BCUT2D eigenvalue weighted by molar-refractivity contribution is 6.33. The Balaban J connectivity index is 1.56. The zero-order chi connectivity index (χ0) is 23.5. The molecule has 7 nitrogen and oxygen atoms in total. The predicted molar refractivity (Wildman–Crippen MR) is 112 cm³/mol. The van der Waals surface area contributed by atoms with Crippen molar-refractivity contribution < 1.29 is 27.6 Å². The second-order valence-electron chi connectivity index (χ2n) is 7.61. The van der Waals surface area contributed by atoms with Gasteiger partial charge in [0.05, 0.1) is 22.6 Å². The van der Waals surface area contributed by atoms with Gasteiger partial charge in [-0.05, 0) is 43.9 Å². The monoisotopic (exact) mass is 470 g/mol. The molecule has 11 heteroatoms. The van der Waals surface area contributed by atoms with Crippen molar-refractivity contribution in [3.05, 3.63) is 46.5 Å². The summed E-state index contributed by atoms with van der Waals surface area (Å²) in [6, 6.07) is 2.56. The highest BCUT2D eigenvalue weighted by Crippen LogP contribution is 2.34.